The molecule has 0 radical (unpaired) electrons. The number of thiophene rings is 1. The van der Waals surface area contributed by atoms with Gasteiger partial charge in [0.2, 0.25) is 0 Å². The van der Waals surface area contributed by atoms with Crippen LogP contribution in [0.3, 0.4) is 0 Å². The Labute approximate surface area is 323 Å². The Hall–Kier alpha value is -5.74. The summed E-state index contributed by atoms with van der Waals surface area (Å²) >= 11 is 1.91. The number of hydrogen-bond acceptors (Lipinski definition) is 2. The molecule has 2 N–H and O–H groups in total. The van der Waals surface area contributed by atoms with Crippen molar-refractivity contribution < 1.29 is 0 Å². The van der Waals surface area contributed by atoms with Crippen LogP contribution in [-0.2, 0) is 6.42 Å². The summed E-state index contributed by atoms with van der Waals surface area (Å²) in [7, 11) is 1.50. The van der Waals surface area contributed by atoms with E-state index in [0.29, 0.717) is 0 Å². The average molecular weight is 721 g/mol. The second kappa shape index (κ2) is 16.9. The minimum atomic E-state index is 1.00. The van der Waals surface area contributed by atoms with Crippen molar-refractivity contribution in [3.63, 3.8) is 0 Å². The second-order valence-corrected chi connectivity index (χ2v) is 14.3. The molecule has 268 valence electrons. The van der Waals surface area contributed by atoms with Crippen LogP contribution in [0.4, 0.5) is 0 Å². The van der Waals surface area contributed by atoms with Crippen LogP contribution in [0.25, 0.3) is 69.6 Å². The van der Waals surface area contributed by atoms with E-state index >= 15 is 0 Å². The van der Waals surface area contributed by atoms with Crippen LogP contribution in [0.1, 0.15) is 43.4 Å². The van der Waals surface area contributed by atoms with Crippen molar-refractivity contribution in [3.8, 4) is 11.1 Å². The number of para-hydroxylation sites is 1. The monoisotopic (exact) mass is 720 g/mol. The largest absolute Gasteiger partial charge is 0.333 e. The third-order valence-corrected chi connectivity index (χ3v) is 11.4. The van der Waals surface area contributed by atoms with Gasteiger partial charge in [0.05, 0.1) is 11.0 Å². The fourth-order valence-electron chi connectivity index (χ4n) is 7.62. The van der Waals surface area contributed by atoms with Gasteiger partial charge in [-0.25, -0.2) is 0 Å². The number of nitrogens with two attached hydrogens (primary N) is 1. The molecular weight excluding hydrogens is 673 g/mol. The van der Waals surface area contributed by atoms with Gasteiger partial charge in [0.25, 0.3) is 0 Å². The lowest BCUT2D eigenvalue weighted by Crippen LogP contribution is -1.98. The van der Waals surface area contributed by atoms with Crippen molar-refractivity contribution in [2.75, 3.05) is 7.05 Å². The first kappa shape index (κ1) is 36.6. The third kappa shape index (κ3) is 7.26. The smallest absolute Gasteiger partial charge is 0.0538 e. The molecule has 1 aliphatic carbocycles. The zero-order valence-electron chi connectivity index (χ0n) is 31.7. The van der Waals surface area contributed by atoms with Gasteiger partial charge in [-0.1, -0.05) is 153 Å². The van der Waals surface area contributed by atoms with E-state index in [1.165, 1.54) is 93.3 Å². The molecule has 0 aliphatic heterocycles. The van der Waals surface area contributed by atoms with Crippen LogP contribution >= 0.6 is 11.3 Å². The molecule has 7 aromatic carbocycles. The number of rotatable bonds is 4. The minimum absolute atomic E-state index is 1.00. The van der Waals surface area contributed by atoms with Gasteiger partial charge in [-0.05, 0) is 102 Å². The van der Waals surface area contributed by atoms with Crippen LogP contribution in [0.15, 0.2) is 170 Å². The summed E-state index contributed by atoms with van der Waals surface area (Å²) in [4.78, 5) is 0. The standard InChI is InChI=1S/C31H23NS.C17H14.C2H6.CH5N/c1-20-8-7-12-26-25-16-14-22(19-30(25)33-31(20)26)21-15-17-29-27(18-21)24-11-5-6-13-28(24)32(29)23-9-3-2-4-10-23;1-2-7-14(8-3-1)13-16-11-6-10-15-9-4-5-12-17(15)16;2*1-2/h2-3,5-9,11-19H,4,10H2,1H3;1-12H,13H2;1-2H3;2H2,1H3. The van der Waals surface area contributed by atoms with Gasteiger partial charge < -0.3 is 10.3 Å². The Morgan fingerprint density at radius 3 is 2.07 bits per heavy atom. The van der Waals surface area contributed by atoms with E-state index in [-0.39, 0.29) is 0 Å². The molecular formula is C51H48N2S. The molecule has 3 heteroatoms. The van der Waals surface area contributed by atoms with Crippen LogP contribution in [0.5, 0.6) is 0 Å². The SMILES string of the molecule is CC.CN.Cc1cccc2c1sc1cc(-c3ccc4c(c3)c3ccccc3n4C3=CC=CCC3)ccc12.c1ccc(Cc2cccc3ccccc23)cc1. The van der Waals surface area contributed by atoms with Gasteiger partial charge in [0.1, 0.15) is 0 Å². The van der Waals surface area contributed by atoms with E-state index in [1.54, 1.807) is 0 Å². The first-order valence-corrected chi connectivity index (χ1v) is 19.9. The Bertz CT molecular complexity index is 2740. The summed E-state index contributed by atoms with van der Waals surface area (Å²) < 4.78 is 5.21. The number of allylic oxidation sites excluding steroid dienone is 4. The molecule has 10 rings (SSSR count). The van der Waals surface area contributed by atoms with E-state index in [2.05, 4.69) is 187 Å². The summed E-state index contributed by atoms with van der Waals surface area (Å²) in [5, 5.41) is 8.06. The lowest BCUT2D eigenvalue weighted by Gasteiger charge is -2.14. The van der Waals surface area contributed by atoms with Gasteiger partial charge >= 0.3 is 0 Å². The maximum Gasteiger partial charge on any atom is 0.0538 e. The first-order chi connectivity index (χ1) is 26.7. The number of nitrogens with zero attached hydrogens (tertiary/aromatic N) is 1. The molecule has 0 unspecified atom stereocenters. The lowest BCUT2D eigenvalue weighted by molar-refractivity contribution is 0.979. The van der Waals surface area contributed by atoms with Crippen molar-refractivity contribution >= 4 is 69.8 Å². The highest BCUT2D eigenvalue weighted by molar-refractivity contribution is 7.26. The van der Waals surface area contributed by atoms with E-state index in [0.717, 1.165) is 19.3 Å². The van der Waals surface area contributed by atoms with Crippen LogP contribution in [0, 0.1) is 6.92 Å². The predicted molar refractivity (Wildman–Crippen MR) is 240 cm³/mol. The van der Waals surface area contributed by atoms with E-state index in [4.69, 9.17) is 0 Å². The van der Waals surface area contributed by atoms with Gasteiger partial charge in [-0.15, -0.1) is 11.3 Å². The van der Waals surface area contributed by atoms with E-state index in [9.17, 15) is 0 Å². The predicted octanol–water partition coefficient (Wildman–Crippen LogP) is 14.4. The van der Waals surface area contributed by atoms with Gasteiger partial charge in [-0.2, -0.15) is 0 Å². The van der Waals surface area contributed by atoms with Crippen molar-refractivity contribution in [1.82, 2.24) is 4.57 Å². The highest BCUT2D eigenvalue weighted by Crippen LogP contribution is 2.40. The van der Waals surface area contributed by atoms with Crippen molar-refractivity contribution in [1.29, 1.82) is 0 Å². The quantitative estimate of drug-likeness (QED) is 0.193. The van der Waals surface area contributed by atoms with Crippen molar-refractivity contribution in [3.05, 3.63) is 187 Å². The van der Waals surface area contributed by atoms with E-state index in [1.807, 2.05) is 25.2 Å². The minimum Gasteiger partial charge on any atom is -0.333 e. The molecule has 2 nitrogen and oxygen atoms in total. The molecule has 9 aromatic rings. The molecule has 0 atom stereocenters. The summed E-state index contributed by atoms with van der Waals surface area (Å²) in [5.41, 5.74) is 15.1. The fraction of sp³-hybridized carbons (Fsp3) is 0.137. The van der Waals surface area contributed by atoms with Gasteiger partial charge in [0, 0.05) is 36.6 Å². The van der Waals surface area contributed by atoms with Crippen LogP contribution < -0.4 is 5.73 Å². The number of aryl methyl sites for hydroxylation is 1. The maximum atomic E-state index is 4.50. The summed E-state index contributed by atoms with van der Waals surface area (Å²) in [6, 6.07) is 55.1. The highest BCUT2D eigenvalue weighted by atomic mass is 32.1. The topological polar surface area (TPSA) is 30.9 Å². The summed E-state index contributed by atoms with van der Waals surface area (Å²) in [6.45, 7) is 6.21. The summed E-state index contributed by atoms with van der Waals surface area (Å²) in [6.07, 6.45) is 9.89. The number of hydrogen-bond donors (Lipinski definition) is 1. The maximum absolute atomic E-state index is 4.50. The van der Waals surface area contributed by atoms with Gasteiger partial charge in [-0.3, -0.25) is 0 Å². The van der Waals surface area contributed by atoms with Crippen molar-refractivity contribution in [2.24, 2.45) is 5.73 Å². The van der Waals surface area contributed by atoms with Gasteiger partial charge in [0.15, 0.2) is 0 Å². The number of fused-ring (bicyclic) bond motifs is 7. The molecule has 2 aromatic heterocycles. The number of benzene rings is 7. The molecule has 54 heavy (non-hydrogen) atoms. The highest BCUT2D eigenvalue weighted by Gasteiger charge is 2.15. The van der Waals surface area contributed by atoms with E-state index < -0.39 is 0 Å². The zero-order valence-corrected chi connectivity index (χ0v) is 32.5. The average Bonchev–Trinajstić information content (AvgIpc) is 3.79. The summed E-state index contributed by atoms with van der Waals surface area (Å²) in [5.74, 6) is 0. The molecule has 0 saturated carbocycles. The zero-order chi connectivity index (χ0) is 37.4. The normalized spacial score (nSPS) is 12.1. The lowest BCUT2D eigenvalue weighted by atomic mass is 9.99. The Morgan fingerprint density at radius 1 is 0.593 bits per heavy atom. The molecule has 0 saturated heterocycles. The molecule has 0 spiro atoms. The Kier molecular flexibility index (Phi) is 11.5. The molecule has 1 aliphatic rings. The Morgan fingerprint density at radius 2 is 1.26 bits per heavy atom. The number of aromatic nitrogens is 1. The first-order valence-electron chi connectivity index (χ1n) is 19.1. The van der Waals surface area contributed by atoms with Crippen LogP contribution in [0.2, 0.25) is 0 Å². The molecule has 2 heterocycles. The fourth-order valence-corrected chi connectivity index (χ4v) is 8.83. The molecule has 0 amide bonds. The molecule has 0 bridgehead atoms. The second-order valence-electron chi connectivity index (χ2n) is 13.3. The van der Waals surface area contributed by atoms with Crippen LogP contribution in [-0.4, -0.2) is 11.6 Å². The molecule has 0 fully saturated rings. The third-order valence-electron chi connectivity index (χ3n) is 10.1. The van der Waals surface area contributed by atoms with Crippen molar-refractivity contribution in [2.45, 2.75) is 40.0 Å². The Balaban J connectivity index is 0.000000181.